The van der Waals surface area contributed by atoms with Crippen LogP contribution in [0.3, 0.4) is 0 Å². The molecule has 1 spiro atoms. The predicted octanol–water partition coefficient (Wildman–Crippen LogP) is 3.02. The number of piperidine rings is 2. The number of fused-ring (bicyclic) bond motifs is 1. The van der Waals surface area contributed by atoms with Gasteiger partial charge in [-0.25, -0.2) is 0 Å². The topological polar surface area (TPSA) is 35.5 Å². The van der Waals surface area contributed by atoms with E-state index in [0.29, 0.717) is 17.9 Å². The van der Waals surface area contributed by atoms with Crippen molar-refractivity contribution in [3.63, 3.8) is 0 Å². The van der Waals surface area contributed by atoms with E-state index in [4.69, 9.17) is 0 Å². The zero-order chi connectivity index (χ0) is 16.4. The Morgan fingerprint density at radius 3 is 2.62 bits per heavy atom. The molecule has 0 amide bonds. The summed E-state index contributed by atoms with van der Waals surface area (Å²) in [4.78, 5) is 2.59. The Morgan fingerprint density at radius 1 is 1.04 bits per heavy atom. The van der Waals surface area contributed by atoms with Crippen LogP contribution in [0.1, 0.15) is 24.8 Å². The summed E-state index contributed by atoms with van der Waals surface area (Å²) in [5.41, 5.74) is 1.79. The number of likely N-dealkylation sites (tertiary alicyclic amines) is 1. The minimum Gasteiger partial charge on any atom is -0.396 e. The number of benzene rings is 2. The van der Waals surface area contributed by atoms with Crippen LogP contribution in [0.5, 0.6) is 0 Å². The molecule has 2 N–H and O–H groups in total. The maximum absolute atomic E-state index is 9.76. The van der Waals surface area contributed by atoms with Gasteiger partial charge in [-0.3, -0.25) is 4.90 Å². The summed E-state index contributed by atoms with van der Waals surface area (Å²) in [6.45, 7) is 5.79. The first-order valence-electron chi connectivity index (χ1n) is 9.31. The van der Waals surface area contributed by atoms with Crippen LogP contribution in [-0.4, -0.2) is 42.8 Å². The standard InChI is InChI=1S/C21H28N2O/c24-16-20-14-22-10-7-21(20)8-11-23(12-9-21)15-17-5-6-18-3-1-2-4-19(18)13-17/h1-6,13,20,22,24H,7-12,14-16H2. The summed E-state index contributed by atoms with van der Waals surface area (Å²) in [6.07, 6.45) is 3.68. The van der Waals surface area contributed by atoms with E-state index in [-0.39, 0.29) is 0 Å². The Morgan fingerprint density at radius 2 is 1.83 bits per heavy atom. The predicted molar refractivity (Wildman–Crippen MR) is 99.0 cm³/mol. The molecule has 1 atom stereocenters. The number of aliphatic hydroxyl groups excluding tert-OH is 1. The van der Waals surface area contributed by atoms with E-state index in [0.717, 1.165) is 32.7 Å². The second-order valence-electron chi connectivity index (χ2n) is 7.65. The monoisotopic (exact) mass is 324 g/mol. The first-order chi connectivity index (χ1) is 11.8. The Hall–Kier alpha value is -1.42. The average Bonchev–Trinajstić information content (AvgIpc) is 2.64. The highest BCUT2D eigenvalue weighted by molar-refractivity contribution is 5.82. The molecule has 0 aromatic heterocycles. The maximum atomic E-state index is 9.76. The van der Waals surface area contributed by atoms with E-state index in [2.05, 4.69) is 52.7 Å². The average molecular weight is 324 g/mol. The summed E-state index contributed by atoms with van der Waals surface area (Å²) in [6, 6.07) is 15.4. The molecule has 0 radical (unpaired) electrons. The van der Waals surface area contributed by atoms with Gasteiger partial charge in [0.2, 0.25) is 0 Å². The number of aliphatic hydroxyl groups is 1. The van der Waals surface area contributed by atoms with Gasteiger partial charge in [-0.1, -0.05) is 36.4 Å². The highest BCUT2D eigenvalue weighted by Crippen LogP contribution is 2.43. The molecule has 3 heteroatoms. The van der Waals surface area contributed by atoms with Crippen LogP contribution in [0.25, 0.3) is 10.8 Å². The smallest absolute Gasteiger partial charge is 0.0476 e. The molecule has 2 heterocycles. The third kappa shape index (κ3) is 3.08. The molecule has 1 unspecified atom stereocenters. The van der Waals surface area contributed by atoms with E-state index in [1.54, 1.807) is 0 Å². The van der Waals surface area contributed by atoms with Crippen molar-refractivity contribution in [1.29, 1.82) is 0 Å². The fourth-order valence-electron chi connectivity index (χ4n) is 4.70. The minimum atomic E-state index is 0.331. The maximum Gasteiger partial charge on any atom is 0.0476 e. The van der Waals surface area contributed by atoms with Crippen molar-refractivity contribution in [1.82, 2.24) is 10.2 Å². The molecule has 0 bridgehead atoms. The van der Waals surface area contributed by atoms with Gasteiger partial charge in [0.05, 0.1) is 0 Å². The van der Waals surface area contributed by atoms with E-state index < -0.39 is 0 Å². The second-order valence-corrected chi connectivity index (χ2v) is 7.65. The van der Waals surface area contributed by atoms with Gasteiger partial charge >= 0.3 is 0 Å². The first-order valence-corrected chi connectivity index (χ1v) is 9.31. The Kier molecular flexibility index (Phi) is 4.57. The Balaban J connectivity index is 1.42. The van der Waals surface area contributed by atoms with Crippen molar-refractivity contribution >= 4 is 10.8 Å². The number of nitrogens with zero attached hydrogens (tertiary/aromatic N) is 1. The molecule has 4 rings (SSSR count). The summed E-state index contributed by atoms with van der Waals surface area (Å²) in [5.74, 6) is 0.439. The van der Waals surface area contributed by atoms with Gasteiger partial charge in [0.25, 0.3) is 0 Å². The van der Waals surface area contributed by atoms with Crippen LogP contribution >= 0.6 is 0 Å². The van der Waals surface area contributed by atoms with Crippen molar-refractivity contribution in [2.24, 2.45) is 11.3 Å². The summed E-state index contributed by atoms with van der Waals surface area (Å²) < 4.78 is 0. The molecule has 2 fully saturated rings. The zero-order valence-electron chi connectivity index (χ0n) is 14.4. The van der Waals surface area contributed by atoms with Gasteiger partial charge < -0.3 is 10.4 Å². The van der Waals surface area contributed by atoms with Crippen LogP contribution in [0.15, 0.2) is 42.5 Å². The lowest BCUT2D eigenvalue weighted by Gasteiger charge is -2.49. The molecule has 128 valence electrons. The molecule has 2 aliphatic heterocycles. The van der Waals surface area contributed by atoms with Crippen molar-refractivity contribution < 1.29 is 5.11 Å². The van der Waals surface area contributed by atoms with Crippen LogP contribution in [0.4, 0.5) is 0 Å². The first kappa shape index (κ1) is 16.1. The number of hydrogen-bond donors (Lipinski definition) is 2. The van der Waals surface area contributed by atoms with Gasteiger partial charge in [0.1, 0.15) is 0 Å². The Labute approximate surface area is 144 Å². The van der Waals surface area contributed by atoms with Crippen molar-refractivity contribution in [2.45, 2.75) is 25.8 Å². The van der Waals surface area contributed by atoms with E-state index in [1.165, 1.54) is 35.6 Å². The summed E-state index contributed by atoms with van der Waals surface area (Å²) >= 11 is 0. The molecular formula is C21H28N2O. The lowest BCUT2D eigenvalue weighted by atomic mass is 9.65. The number of nitrogens with one attached hydrogen (secondary N) is 1. The van der Waals surface area contributed by atoms with Gasteiger partial charge in [0, 0.05) is 25.6 Å². The molecule has 24 heavy (non-hydrogen) atoms. The molecule has 0 aliphatic carbocycles. The fourth-order valence-corrected chi connectivity index (χ4v) is 4.70. The SMILES string of the molecule is OCC1CNCCC12CCN(Cc1ccc3ccccc3c1)CC2. The van der Waals surface area contributed by atoms with Gasteiger partial charge in [-0.05, 0) is 66.7 Å². The molecule has 2 aromatic carbocycles. The van der Waals surface area contributed by atoms with Crippen molar-refractivity contribution in [3.05, 3.63) is 48.0 Å². The van der Waals surface area contributed by atoms with E-state index in [9.17, 15) is 5.11 Å². The minimum absolute atomic E-state index is 0.331. The molecule has 2 saturated heterocycles. The third-order valence-corrected chi connectivity index (χ3v) is 6.35. The molecule has 3 nitrogen and oxygen atoms in total. The summed E-state index contributed by atoms with van der Waals surface area (Å²) in [7, 11) is 0. The lowest BCUT2D eigenvalue weighted by Crippen LogP contribution is -2.52. The second kappa shape index (κ2) is 6.83. The highest BCUT2D eigenvalue weighted by Gasteiger charge is 2.42. The van der Waals surface area contributed by atoms with Crippen LogP contribution < -0.4 is 5.32 Å². The third-order valence-electron chi connectivity index (χ3n) is 6.35. The van der Waals surface area contributed by atoms with Crippen LogP contribution in [-0.2, 0) is 6.54 Å². The number of rotatable bonds is 3. The normalized spacial score (nSPS) is 24.5. The summed E-state index contributed by atoms with van der Waals surface area (Å²) in [5, 5.41) is 15.9. The van der Waals surface area contributed by atoms with Gasteiger partial charge in [0.15, 0.2) is 0 Å². The highest BCUT2D eigenvalue weighted by atomic mass is 16.3. The van der Waals surface area contributed by atoms with Crippen molar-refractivity contribution in [3.8, 4) is 0 Å². The van der Waals surface area contributed by atoms with Crippen molar-refractivity contribution in [2.75, 3.05) is 32.8 Å². The van der Waals surface area contributed by atoms with E-state index in [1.807, 2.05) is 0 Å². The van der Waals surface area contributed by atoms with Crippen LogP contribution in [0, 0.1) is 11.3 Å². The molecule has 2 aromatic rings. The van der Waals surface area contributed by atoms with Gasteiger partial charge in [-0.15, -0.1) is 0 Å². The zero-order valence-corrected chi connectivity index (χ0v) is 14.4. The largest absolute Gasteiger partial charge is 0.396 e. The van der Waals surface area contributed by atoms with Crippen LogP contribution in [0.2, 0.25) is 0 Å². The quantitative estimate of drug-likeness (QED) is 0.911. The molecule has 0 saturated carbocycles. The number of hydrogen-bond acceptors (Lipinski definition) is 3. The Bertz CT molecular complexity index is 691. The fraction of sp³-hybridized carbons (Fsp3) is 0.524. The van der Waals surface area contributed by atoms with E-state index >= 15 is 0 Å². The lowest BCUT2D eigenvalue weighted by molar-refractivity contribution is -0.00582. The van der Waals surface area contributed by atoms with Gasteiger partial charge in [-0.2, -0.15) is 0 Å². The molecule has 2 aliphatic rings. The molecular weight excluding hydrogens is 296 g/mol.